The molecule has 0 atom stereocenters. The highest BCUT2D eigenvalue weighted by atomic mass is 35.5. The molecule has 6 nitrogen and oxygen atoms in total. The van der Waals surface area contributed by atoms with Crippen LogP contribution in [0, 0.1) is 0 Å². The molecular weight excluding hydrogens is 343 g/mol. The first kappa shape index (κ1) is 17.5. The summed E-state index contributed by atoms with van der Waals surface area (Å²) in [6.45, 7) is 2.18. The molecule has 0 aliphatic carbocycles. The SMILES string of the molecule is C/C=C(Cl)\C(C(=O)NCc1ccc2c(c1)OCO2)=C(\Cl)NOC. The Labute approximate surface area is 143 Å². The van der Waals surface area contributed by atoms with Gasteiger partial charge >= 0.3 is 0 Å². The average Bonchev–Trinajstić information content (AvgIpc) is 3.00. The summed E-state index contributed by atoms with van der Waals surface area (Å²) >= 11 is 12.0. The summed E-state index contributed by atoms with van der Waals surface area (Å²) in [6.07, 6.45) is 1.57. The third kappa shape index (κ3) is 4.31. The summed E-state index contributed by atoms with van der Waals surface area (Å²) in [4.78, 5) is 17.0. The van der Waals surface area contributed by atoms with Crippen LogP contribution in [0.5, 0.6) is 11.5 Å². The van der Waals surface area contributed by atoms with Crippen LogP contribution in [-0.4, -0.2) is 19.8 Å². The molecule has 0 saturated carbocycles. The summed E-state index contributed by atoms with van der Waals surface area (Å²) < 4.78 is 10.5. The minimum atomic E-state index is -0.430. The lowest BCUT2D eigenvalue weighted by Gasteiger charge is -2.11. The van der Waals surface area contributed by atoms with Gasteiger partial charge in [-0.1, -0.05) is 35.3 Å². The molecule has 1 aliphatic heterocycles. The fourth-order valence-electron chi connectivity index (χ4n) is 1.92. The quantitative estimate of drug-likeness (QED) is 0.354. The number of benzene rings is 1. The molecular formula is C15H16Cl2N2O4. The van der Waals surface area contributed by atoms with Gasteiger partial charge in [-0.25, -0.2) is 0 Å². The number of nitrogens with one attached hydrogen (secondary N) is 2. The number of rotatable bonds is 6. The number of ether oxygens (including phenoxy) is 2. The molecule has 0 fully saturated rings. The number of hydroxylamine groups is 1. The summed E-state index contributed by atoms with van der Waals surface area (Å²) in [5, 5.41) is 2.96. The van der Waals surface area contributed by atoms with E-state index in [2.05, 4.69) is 10.8 Å². The summed E-state index contributed by atoms with van der Waals surface area (Å²) in [5.41, 5.74) is 3.35. The number of carbonyl (C=O) groups excluding carboxylic acids is 1. The maximum absolute atomic E-state index is 12.3. The summed E-state index contributed by atoms with van der Waals surface area (Å²) in [7, 11) is 1.38. The van der Waals surface area contributed by atoms with Crippen LogP contribution in [0.25, 0.3) is 0 Å². The molecule has 23 heavy (non-hydrogen) atoms. The van der Waals surface area contributed by atoms with Crippen molar-refractivity contribution in [1.29, 1.82) is 0 Å². The van der Waals surface area contributed by atoms with Crippen LogP contribution < -0.4 is 20.3 Å². The van der Waals surface area contributed by atoms with Gasteiger partial charge in [0.1, 0.15) is 5.16 Å². The average molecular weight is 359 g/mol. The Hall–Kier alpha value is -1.89. The van der Waals surface area contributed by atoms with Gasteiger partial charge in [0.05, 0.1) is 17.7 Å². The third-order valence-electron chi connectivity index (χ3n) is 3.02. The minimum absolute atomic E-state index is 0.00112. The van der Waals surface area contributed by atoms with E-state index in [-0.39, 0.29) is 29.1 Å². The predicted molar refractivity (Wildman–Crippen MR) is 87.0 cm³/mol. The first-order valence-electron chi connectivity index (χ1n) is 6.74. The second kappa shape index (κ2) is 8.10. The molecule has 1 aliphatic rings. The Kier molecular flexibility index (Phi) is 6.15. The van der Waals surface area contributed by atoms with Crippen molar-refractivity contribution < 1.29 is 19.1 Å². The molecule has 0 radical (unpaired) electrons. The minimum Gasteiger partial charge on any atom is -0.454 e. The first-order valence-corrected chi connectivity index (χ1v) is 7.50. The van der Waals surface area contributed by atoms with Crippen molar-refractivity contribution in [1.82, 2.24) is 10.8 Å². The van der Waals surface area contributed by atoms with E-state index >= 15 is 0 Å². The zero-order valence-electron chi connectivity index (χ0n) is 12.6. The Bertz CT molecular complexity index is 659. The Morgan fingerprint density at radius 2 is 2.09 bits per heavy atom. The van der Waals surface area contributed by atoms with Crippen LogP contribution in [0.15, 0.2) is 40.0 Å². The first-order chi connectivity index (χ1) is 11.1. The van der Waals surface area contributed by atoms with Gasteiger partial charge in [-0.3, -0.25) is 15.1 Å². The van der Waals surface area contributed by atoms with Gasteiger partial charge < -0.3 is 14.8 Å². The summed E-state index contributed by atoms with van der Waals surface area (Å²) in [6, 6.07) is 5.43. The van der Waals surface area contributed by atoms with Gasteiger partial charge in [0, 0.05) is 6.54 Å². The third-order valence-corrected chi connectivity index (χ3v) is 3.69. The largest absolute Gasteiger partial charge is 0.454 e. The van der Waals surface area contributed by atoms with Gasteiger partial charge in [-0.05, 0) is 24.6 Å². The fraction of sp³-hybridized carbons (Fsp3) is 0.267. The van der Waals surface area contributed by atoms with Crippen LogP contribution in [-0.2, 0) is 16.2 Å². The molecule has 0 spiro atoms. The number of carbonyl (C=O) groups is 1. The molecule has 1 aromatic rings. The maximum atomic E-state index is 12.3. The van der Waals surface area contributed by atoms with Crippen LogP contribution in [0.4, 0.5) is 0 Å². The molecule has 0 aromatic heterocycles. The lowest BCUT2D eigenvalue weighted by atomic mass is 10.2. The molecule has 1 heterocycles. The van der Waals surface area contributed by atoms with E-state index in [1.165, 1.54) is 7.11 Å². The van der Waals surface area contributed by atoms with E-state index in [0.29, 0.717) is 11.5 Å². The molecule has 0 bridgehead atoms. The molecule has 2 N–H and O–H groups in total. The Morgan fingerprint density at radius 3 is 2.78 bits per heavy atom. The van der Waals surface area contributed by atoms with Crippen LogP contribution in [0.3, 0.4) is 0 Å². The molecule has 8 heteroatoms. The molecule has 124 valence electrons. The zero-order valence-corrected chi connectivity index (χ0v) is 14.1. The van der Waals surface area contributed by atoms with Crippen molar-refractivity contribution in [2.45, 2.75) is 13.5 Å². The molecule has 0 saturated heterocycles. The van der Waals surface area contributed by atoms with Crippen LogP contribution >= 0.6 is 23.2 Å². The molecule has 2 rings (SSSR count). The molecule has 0 unspecified atom stereocenters. The van der Waals surface area contributed by atoms with E-state index in [1.807, 2.05) is 6.07 Å². The fourth-order valence-corrected chi connectivity index (χ4v) is 2.41. The lowest BCUT2D eigenvalue weighted by Crippen LogP contribution is -2.27. The maximum Gasteiger partial charge on any atom is 0.256 e. The summed E-state index contributed by atoms with van der Waals surface area (Å²) in [5.74, 6) is 0.906. The monoisotopic (exact) mass is 358 g/mol. The van der Waals surface area contributed by atoms with Crippen molar-refractivity contribution in [2.75, 3.05) is 13.9 Å². The van der Waals surface area contributed by atoms with Crippen molar-refractivity contribution in [2.24, 2.45) is 0 Å². The topological polar surface area (TPSA) is 68.8 Å². The van der Waals surface area contributed by atoms with E-state index < -0.39 is 5.91 Å². The van der Waals surface area contributed by atoms with Crippen molar-refractivity contribution in [3.8, 4) is 11.5 Å². The van der Waals surface area contributed by atoms with Gasteiger partial charge in [-0.15, -0.1) is 0 Å². The second-order valence-electron chi connectivity index (χ2n) is 4.50. The smallest absolute Gasteiger partial charge is 0.256 e. The predicted octanol–water partition coefficient (Wildman–Crippen LogP) is 2.78. The van der Waals surface area contributed by atoms with E-state index in [1.54, 1.807) is 25.1 Å². The van der Waals surface area contributed by atoms with Gasteiger partial charge in [0.25, 0.3) is 5.91 Å². The normalized spacial score (nSPS) is 14.3. The lowest BCUT2D eigenvalue weighted by molar-refractivity contribution is -0.117. The van der Waals surface area contributed by atoms with E-state index in [9.17, 15) is 4.79 Å². The molecule has 1 aromatic carbocycles. The van der Waals surface area contributed by atoms with E-state index in [0.717, 1.165) is 5.56 Å². The number of hydrogen-bond donors (Lipinski definition) is 2. The van der Waals surface area contributed by atoms with Crippen LogP contribution in [0.1, 0.15) is 12.5 Å². The second-order valence-corrected chi connectivity index (χ2v) is 5.29. The van der Waals surface area contributed by atoms with E-state index in [4.69, 9.17) is 37.5 Å². The van der Waals surface area contributed by atoms with Crippen molar-refractivity contribution in [3.63, 3.8) is 0 Å². The Balaban J connectivity index is 2.09. The zero-order chi connectivity index (χ0) is 16.8. The van der Waals surface area contributed by atoms with Gasteiger partial charge in [0.2, 0.25) is 6.79 Å². The number of amides is 1. The standard InChI is InChI=1S/C15H16Cl2N2O4/c1-3-10(16)13(14(17)19-21-2)15(20)18-7-9-4-5-11-12(6-9)23-8-22-11/h3-6,19H,7-8H2,1-2H3,(H,18,20)/b10-3+,14-13+. The van der Waals surface area contributed by atoms with Crippen molar-refractivity contribution in [3.05, 3.63) is 45.6 Å². The number of fused-ring (bicyclic) bond motifs is 1. The Morgan fingerprint density at radius 1 is 1.35 bits per heavy atom. The number of halogens is 2. The highest BCUT2D eigenvalue weighted by Gasteiger charge is 2.18. The molecule has 1 amide bonds. The highest BCUT2D eigenvalue weighted by Crippen LogP contribution is 2.32. The number of hydrogen-bond acceptors (Lipinski definition) is 5. The van der Waals surface area contributed by atoms with Crippen LogP contribution in [0.2, 0.25) is 0 Å². The van der Waals surface area contributed by atoms with Crippen molar-refractivity contribution >= 4 is 29.1 Å². The highest BCUT2D eigenvalue weighted by molar-refractivity contribution is 6.39. The van der Waals surface area contributed by atoms with Gasteiger partial charge in [0.15, 0.2) is 11.5 Å². The van der Waals surface area contributed by atoms with Gasteiger partial charge in [-0.2, -0.15) is 0 Å². The number of allylic oxidation sites excluding steroid dienone is 1.